The number of urea groups is 1. The fourth-order valence-electron chi connectivity index (χ4n) is 2.47. The Bertz CT molecular complexity index is 455. The second-order valence-electron chi connectivity index (χ2n) is 5.00. The zero-order chi connectivity index (χ0) is 14.4. The zero-order valence-corrected chi connectivity index (χ0v) is 12.0. The lowest BCUT2D eigenvalue weighted by Gasteiger charge is -2.33. The summed E-state index contributed by atoms with van der Waals surface area (Å²) in [4.78, 5) is 27.4. The largest absolute Gasteiger partial charge is 0.480 e. The molecule has 2 amide bonds. The van der Waals surface area contributed by atoms with Gasteiger partial charge in [0, 0.05) is 24.5 Å². The molecule has 0 spiro atoms. The molecule has 6 nitrogen and oxygen atoms in total. The molecule has 2 rings (SSSR count). The molecule has 0 atom stereocenters. The number of nitrogens with zero attached hydrogens (tertiary/aromatic N) is 1. The summed E-state index contributed by atoms with van der Waals surface area (Å²) in [5.41, 5.74) is -1.09. The lowest BCUT2D eigenvalue weighted by molar-refractivity contribution is -0.145. The highest BCUT2D eigenvalue weighted by Gasteiger charge is 2.40. The van der Waals surface area contributed by atoms with E-state index < -0.39 is 17.5 Å². The van der Waals surface area contributed by atoms with E-state index in [4.69, 9.17) is 0 Å². The smallest absolute Gasteiger partial charge is 0.329 e. The van der Waals surface area contributed by atoms with E-state index in [1.807, 2.05) is 5.38 Å². The molecule has 0 saturated heterocycles. The summed E-state index contributed by atoms with van der Waals surface area (Å²) in [5, 5.41) is 17.5. The van der Waals surface area contributed by atoms with Gasteiger partial charge in [-0.2, -0.15) is 0 Å². The Balaban J connectivity index is 1.81. The van der Waals surface area contributed by atoms with Crippen molar-refractivity contribution in [3.05, 3.63) is 16.6 Å². The maximum atomic E-state index is 11.8. The summed E-state index contributed by atoms with van der Waals surface area (Å²) >= 11 is 1.54. The van der Waals surface area contributed by atoms with Crippen LogP contribution in [-0.4, -0.2) is 34.2 Å². The Labute approximate surface area is 121 Å². The van der Waals surface area contributed by atoms with Crippen molar-refractivity contribution in [1.82, 2.24) is 15.6 Å². The van der Waals surface area contributed by atoms with Gasteiger partial charge in [-0.1, -0.05) is 19.3 Å². The van der Waals surface area contributed by atoms with Crippen LogP contribution in [0.25, 0.3) is 0 Å². The summed E-state index contributed by atoms with van der Waals surface area (Å²) in [6, 6.07) is -0.411. The van der Waals surface area contributed by atoms with E-state index in [1.54, 1.807) is 6.20 Å². The van der Waals surface area contributed by atoms with Crippen molar-refractivity contribution in [1.29, 1.82) is 0 Å². The van der Waals surface area contributed by atoms with Gasteiger partial charge in [0.05, 0.1) is 5.01 Å². The Morgan fingerprint density at radius 3 is 2.70 bits per heavy atom. The second-order valence-corrected chi connectivity index (χ2v) is 5.98. The quantitative estimate of drug-likeness (QED) is 0.772. The first kappa shape index (κ1) is 14.8. The van der Waals surface area contributed by atoms with Crippen LogP contribution < -0.4 is 10.6 Å². The molecule has 0 bridgehead atoms. The van der Waals surface area contributed by atoms with E-state index in [0.29, 0.717) is 25.8 Å². The van der Waals surface area contributed by atoms with Crippen LogP contribution in [-0.2, 0) is 11.2 Å². The van der Waals surface area contributed by atoms with Gasteiger partial charge in [0.15, 0.2) is 0 Å². The van der Waals surface area contributed by atoms with Crippen LogP contribution in [0.3, 0.4) is 0 Å². The number of amides is 2. The molecule has 0 radical (unpaired) electrons. The molecule has 1 heterocycles. The summed E-state index contributed by atoms with van der Waals surface area (Å²) in [6.45, 7) is 0.453. The minimum atomic E-state index is -1.09. The summed E-state index contributed by atoms with van der Waals surface area (Å²) in [5.74, 6) is -0.938. The Kier molecular flexibility index (Phi) is 4.94. The molecule has 20 heavy (non-hydrogen) atoms. The topological polar surface area (TPSA) is 91.3 Å². The maximum absolute atomic E-state index is 11.8. The molecular formula is C13H19N3O3S. The van der Waals surface area contributed by atoms with E-state index in [9.17, 15) is 14.7 Å². The van der Waals surface area contributed by atoms with E-state index >= 15 is 0 Å². The molecule has 0 aromatic carbocycles. The highest BCUT2D eigenvalue weighted by atomic mass is 32.1. The molecule has 1 aromatic rings. The van der Waals surface area contributed by atoms with Gasteiger partial charge in [0.2, 0.25) is 0 Å². The number of carboxylic acids is 1. The first-order valence-corrected chi connectivity index (χ1v) is 7.68. The lowest BCUT2D eigenvalue weighted by Crippen LogP contribution is -2.58. The fourth-order valence-corrected chi connectivity index (χ4v) is 3.09. The first-order chi connectivity index (χ1) is 9.62. The van der Waals surface area contributed by atoms with Crippen LogP contribution >= 0.6 is 11.3 Å². The third-order valence-electron chi connectivity index (χ3n) is 3.58. The van der Waals surface area contributed by atoms with Crippen LogP contribution in [0.1, 0.15) is 37.1 Å². The Morgan fingerprint density at radius 2 is 2.10 bits per heavy atom. The molecule has 110 valence electrons. The van der Waals surface area contributed by atoms with Gasteiger partial charge >= 0.3 is 12.0 Å². The van der Waals surface area contributed by atoms with Gasteiger partial charge < -0.3 is 15.7 Å². The molecule has 7 heteroatoms. The predicted octanol–water partition coefficient (Wildman–Crippen LogP) is 1.77. The molecule has 0 unspecified atom stereocenters. The number of nitrogens with one attached hydrogen (secondary N) is 2. The lowest BCUT2D eigenvalue weighted by atomic mass is 9.82. The molecule has 0 aliphatic heterocycles. The third-order valence-corrected chi connectivity index (χ3v) is 4.42. The number of thiazole rings is 1. The average Bonchev–Trinajstić information content (AvgIpc) is 2.93. The minimum Gasteiger partial charge on any atom is -0.480 e. The number of hydrogen-bond acceptors (Lipinski definition) is 4. The van der Waals surface area contributed by atoms with E-state index in [0.717, 1.165) is 24.3 Å². The molecule has 1 saturated carbocycles. The summed E-state index contributed by atoms with van der Waals surface area (Å²) in [6.07, 6.45) is 6.09. The van der Waals surface area contributed by atoms with E-state index in [-0.39, 0.29) is 0 Å². The van der Waals surface area contributed by atoms with Crippen molar-refractivity contribution in [2.45, 2.75) is 44.1 Å². The minimum absolute atomic E-state index is 0.411. The van der Waals surface area contributed by atoms with Crippen LogP contribution in [0.2, 0.25) is 0 Å². The zero-order valence-electron chi connectivity index (χ0n) is 11.2. The summed E-state index contributed by atoms with van der Waals surface area (Å²) < 4.78 is 0. The maximum Gasteiger partial charge on any atom is 0.329 e. The van der Waals surface area contributed by atoms with Crippen LogP contribution in [0, 0.1) is 0 Å². The molecule has 3 N–H and O–H groups in total. The third kappa shape index (κ3) is 3.69. The van der Waals surface area contributed by atoms with Crippen molar-refractivity contribution >= 4 is 23.3 Å². The van der Waals surface area contributed by atoms with Crippen molar-refractivity contribution in [3.8, 4) is 0 Å². The second kappa shape index (κ2) is 6.69. The molecule has 1 aliphatic rings. The number of carbonyl (C=O) groups is 2. The number of carbonyl (C=O) groups excluding carboxylic acids is 1. The van der Waals surface area contributed by atoms with Crippen LogP contribution in [0.5, 0.6) is 0 Å². The number of carboxylic acid groups (broad SMARTS) is 1. The predicted molar refractivity (Wildman–Crippen MR) is 75.8 cm³/mol. The van der Waals surface area contributed by atoms with Crippen molar-refractivity contribution < 1.29 is 14.7 Å². The Hall–Kier alpha value is -1.63. The van der Waals surface area contributed by atoms with Gasteiger partial charge in [-0.25, -0.2) is 14.6 Å². The fraction of sp³-hybridized carbons (Fsp3) is 0.615. The van der Waals surface area contributed by atoms with Crippen molar-refractivity contribution in [2.24, 2.45) is 0 Å². The monoisotopic (exact) mass is 297 g/mol. The number of aliphatic carboxylic acids is 1. The normalized spacial score (nSPS) is 17.4. The molecule has 1 fully saturated rings. The molecule has 1 aliphatic carbocycles. The average molecular weight is 297 g/mol. The van der Waals surface area contributed by atoms with Gasteiger partial charge in [0.25, 0.3) is 0 Å². The number of rotatable bonds is 5. The number of hydrogen-bond donors (Lipinski definition) is 3. The van der Waals surface area contributed by atoms with Gasteiger partial charge in [0.1, 0.15) is 5.54 Å². The molecular weight excluding hydrogens is 278 g/mol. The highest BCUT2D eigenvalue weighted by molar-refractivity contribution is 7.09. The Morgan fingerprint density at radius 1 is 1.35 bits per heavy atom. The van der Waals surface area contributed by atoms with Crippen LogP contribution in [0.4, 0.5) is 4.79 Å². The van der Waals surface area contributed by atoms with Gasteiger partial charge in [-0.15, -0.1) is 11.3 Å². The van der Waals surface area contributed by atoms with Gasteiger partial charge in [-0.05, 0) is 12.8 Å². The number of aromatic nitrogens is 1. The van der Waals surface area contributed by atoms with Gasteiger partial charge in [-0.3, -0.25) is 0 Å². The van der Waals surface area contributed by atoms with E-state index in [1.165, 1.54) is 11.3 Å². The standard InChI is InChI=1S/C13H19N3O3S/c17-11(18)13(5-2-1-3-6-13)16-12(19)15-7-4-10-14-8-9-20-10/h8-9H,1-7H2,(H,17,18)(H2,15,16,19). The van der Waals surface area contributed by atoms with E-state index in [2.05, 4.69) is 15.6 Å². The first-order valence-electron chi connectivity index (χ1n) is 6.80. The molecule has 1 aromatic heterocycles. The van der Waals surface area contributed by atoms with Crippen molar-refractivity contribution in [2.75, 3.05) is 6.54 Å². The highest BCUT2D eigenvalue weighted by Crippen LogP contribution is 2.28. The van der Waals surface area contributed by atoms with Crippen molar-refractivity contribution in [3.63, 3.8) is 0 Å². The summed E-state index contributed by atoms with van der Waals surface area (Å²) in [7, 11) is 0. The SMILES string of the molecule is O=C(NCCc1nccs1)NC1(C(=O)O)CCCCC1. The van der Waals surface area contributed by atoms with Crippen LogP contribution in [0.15, 0.2) is 11.6 Å².